The Morgan fingerprint density at radius 3 is 2.58 bits per heavy atom. The van der Waals surface area contributed by atoms with Gasteiger partial charge in [-0.1, -0.05) is 12.1 Å². The normalized spacial score (nSPS) is 9.50. The van der Waals surface area contributed by atoms with Crippen molar-refractivity contribution in [3.05, 3.63) is 34.4 Å². The topological polar surface area (TPSA) is 43.1 Å². The molecule has 0 atom stereocenters. The molecule has 0 unspecified atom stereocenters. The highest BCUT2D eigenvalue weighted by molar-refractivity contribution is 6.60. The molecular formula is C6H4BF2NO2. The summed E-state index contributed by atoms with van der Waals surface area (Å²) >= 11 is 0. The Balaban J connectivity index is 3.04. The predicted molar refractivity (Wildman–Crippen MR) is 40.7 cm³/mol. The van der Waals surface area contributed by atoms with Crippen LogP contribution >= 0.6 is 0 Å². The first-order valence-corrected chi connectivity index (χ1v) is 3.14. The van der Waals surface area contributed by atoms with E-state index in [1.54, 1.807) is 0 Å². The van der Waals surface area contributed by atoms with Gasteiger partial charge in [-0.2, -0.15) is 0 Å². The number of hydrogen-bond acceptors (Lipinski definition) is 2. The lowest BCUT2D eigenvalue weighted by atomic mass is 9.86. The van der Waals surface area contributed by atoms with E-state index in [1.807, 2.05) is 0 Å². The maximum absolute atomic E-state index is 12.0. The molecule has 0 bridgehead atoms. The van der Waals surface area contributed by atoms with Gasteiger partial charge in [-0.3, -0.25) is 18.7 Å². The average Bonchev–Trinajstić information content (AvgIpc) is 2.04. The third kappa shape index (κ3) is 1.78. The van der Waals surface area contributed by atoms with Gasteiger partial charge in [0, 0.05) is 12.1 Å². The van der Waals surface area contributed by atoms with E-state index in [-0.39, 0.29) is 11.2 Å². The van der Waals surface area contributed by atoms with Crippen LogP contribution in [-0.2, 0) is 0 Å². The Labute approximate surface area is 67.3 Å². The zero-order valence-corrected chi connectivity index (χ0v) is 5.91. The molecule has 0 heterocycles. The van der Waals surface area contributed by atoms with Crippen LogP contribution in [0.3, 0.4) is 0 Å². The summed E-state index contributed by atoms with van der Waals surface area (Å²) in [7, 11) is -2.66. The van der Waals surface area contributed by atoms with Crippen molar-refractivity contribution in [3.63, 3.8) is 0 Å². The molecule has 0 radical (unpaired) electrons. The number of nitrogens with zero attached hydrogens (tertiary/aromatic N) is 1. The molecule has 1 rings (SSSR count). The van der Waals surface area contributed by atoms with Crippen molar-refractivity contribution >= 4 is 18.4 Å². The van der Waals surface area contributed by atoms with E-state index in [2.05, 4.69) is 0 Å². The summed E-state index contributed by atoms with van der Waals surface area (Å²) in [5.41, 5.74) is -0.642. The fraction of sp³-hybridized carbons (Fsp3) is 0. The lowest BCUT2D eigenvalue weighted by Crippen LogP contribution is -2.20. The summed E-state index contributed by atoms with van der Waals surface area (Å²) in [6.45, 7) is 0. The fourth-order valence-electron chi connectivity index (χ4n) is 0.774. The summed E-state index contributed by atoms with van der Waals surface area (Å²) in [5, 5.41) is 10.1. The van der Waals surface area contributed by atoms with Crippen LogP contribution in [0.4, 0.5) is 14.3 Å². The van der Waals surface area contributed by atoms with Crippen LogP contribution in [-0.4, -0.2) is 12.2 Å². The van der Waals surface area contributed by atoms with Crippen LogP contribution in [0.2, 0.25) is 0 Å². The Morgan fingerprint density at radius 2 is 2.08 bits per heavy atom. The largest absolute Gasteiger partial charge is 0.572 e. The molecule has 0 fully saturated rings. The van der Waals surface area contributed by atoms with Crippen molar-refractivity contribution in [2.45, 2.75) is 0 Å². The number of benzene rings is 1. The quantitative estimate of drug-likeness (QED) is 0.381. The highest BCUT2D eigenvalue weighted by Gasteiger charge is 2.18. The molecule has 0 aliphatic heterocycles. The lowest BCUT2D eigenvalue weighted by molar-refractivity contribution is -0.384. The summed E-state index contributed by atoms with van der Waals surface area (Å²) in [5.74, 6) is 0. The SMILES string of the molecule is O=[N+]([O-])c1cccc(B(F)F)c1. The number of non-ortho nitro benzene ring substituents is 1. The van der Waals surface area contributed by atoms with Crippen LogP contribution in [0.15, 0.2) is 24.3 Å². The molecule has 0 aliphatic carbocycles. The fourth-order valence-corrected chi connectivity index (χ4v) is 0.774. The van der Waals surface area contributed by atoms with Gasteiger partial charge in [0.05, 0.1) is 4.92 Å². The monoisotopic (exact) mass is 171 g/mol. The molecule has 0 saturated heterocycles. The average molecular weight is 171 g/mol. The van der Waals surface area contributed by atoms with Crippen molar-refractivity contribution in [2.24, 2.45) is 0 Å². The molecule has 0 aliphatic rings. The highest BCUT2D eigenvalue weighted by Crippen LogP contribution is 2.07. The van der Waals surface area contributed by atoms with Gasteiger partial charge in [-0.05, 0) is 5.46 Å². The van der Waals surface area contributed by atoms with Crippen molar-refractivity contribution in [2.75, 3.05) is 0 Å². The third-order valence-electron chi connectivity index (χ3n) is 1.33. The Bertz CT molecular complexity index is 305. The Kier molecular flexibility index (Phi) is 2.37. The number of halogens is 2. The van der Waals surface area contributed by atoms with E-state index >= 15 is 0 Å². The van der Waals surface area contributed by atoms with E-state index in [0.717, 1.165) is 12.1 Å². The van der Waals surface area contributed by atoms with E-state index in [4.69, 9.17) is 0 Å². The molecule has 3 nitrogen and oxygen atoms in total. The van der Waals surface area contributed by atoms with Crippen molar-refractivity contribution in [1.29, 1.82) is 0 Å². The maximum atomic E-state index is 12.0. The van der Waals surface area contributed by atoms with Gasteiger partial charge in [0.2, 0.25) is 0 Å². The van der Waals surface area contributed by atoms with Crippen LogP contribution in [0, 0.1) is 10.1 Å². The molecule has 6 heteroatoms. The van der Waals surface area contributed by atoms with E-state index in [0.29, 0.717) is 0 Å². The zero-order valence-electron chi connectivity index (χ0n) is 5.91. The number of hydrogen-bond donors (Lipinski definition) is 0. The molecule has 0 N–H and O–H groups in total. The number of rotatable bonds is 2. The van der Waals surface area contributed by atoms with E-state index < -0.39 is 12.2 Å². The minimum absolute atomic E-state index is 0.312. The highest BCUT2D eigenvalue weighted by atomic mass is 19.2. The third-order valence-corrected chi connectivity index (χ3v) is 1.33. The van der Waals surface area contributed by atoms with Gasteiger partial charge in [0.1, 0.15) is 0 Å². The predicted octanol–water partition coefficient (Wildman–Crippen LogP) is 1.23. The summed E-state index contributed by atoms with van der Waals surface area (Å²) in [4.78, 5) is 9.43. The number of nitro groups is 1. The minimum Gasteiger partial charge on any atom is -0.281 e. The van der Waals surface area contributed by atoms with Crippen molar-refractivity contribution < 1.29 is 13.6 Å². The summed E-state index contributed by atoms with van der Waals surface area (Å²) in [6.07, 6.45) is 0. The lowest BCUT2D eigenvalue weighted by Gasteiger charge is -1.94. The molecule has 0 amide bonds. The van der Waals surface area contributed by atoms with Crippen LogP contribution in [0.1, 0.15) is 0 Å². The van der Waals surface area contributed by atoms with Crippen LogP contribution in [0.25, 0.3) is 0 Å². The molecule has 1 aromatic rings. The zero-order chi connectivity index (χ0) is 9.14. The van der Waals surface area contributed by atoms with Gasteiger partial charge in [-0.15, -0.1) is 0 Å². The standard InChI is InChI=1S/C6H4BF2NO2/c8-7(9)5-2-1-3-6(4-5)10(11)12/h1-4H. The Hall–Kier alpha value is -1.46. The number of nitro benzene ring substituents is 1. The van der Waals surface area contributed by atoms with Gasteiger partial charge < -0.3 is 0 Å². The molecule has 62 valence electrons. The molecular weight excluding hydrogens is 167 g/mol. The smallest absolute Gasteiger partial charge is 0.281 e. The van der Waals surface area contributed by atoms with Crippen LogP contribution < -0.4 is 5.46 Å². The first kappa shape index (κ1) is 8.64. The van der Waals surface area contributed by atoms with Crippen molar-refractivity contribution in [3.8, 4) is 0 Å². The van der Waals surface area contributed by atoms with Crippen molar-refractivity contribution in [1.82, 2.24) is 0 Å². The summed E-state index contributed by atoms with van der Waals surface area (Å²) < 4.78 is 24.0. The Morgan fingerprint density at radius 1 is 1.42 bits per heavy atom. The molecule has 0 spiro atoms. The second-order valence-electron chi connectivity index (χ2n) is 2.15. The second kappa shape index (κ2) is 3.29. The molecule has 0 aromatic heterocycles. The van der Waals surface area contributed by atoms with E-state index in [9.17, 15) is 18.7 Å². The summed E-state index contributed by atoms with van der Waals surface area (Å²) in [6, 6.07) is 4.42. The maximum Gasteiger partial charge on any atom is 0.572 e. The van der Waals surface area contributed by atoms with Gasteiger partial charge >= 0.3 is 7.27 Å². The van der Waals surface area contributed by atoms with E-state index in [1.165, 1.54) is 12.1 Å². The van der Waals surface area contributed by atoms with Gasteiger partial charge in [-0.25, -0.2) is 0 Å². The minimum atomic E-state index is -2.66. The van der Waals surface area contributed by atoms with Gasteiger partial charge in [0.25, 0.3) is 5.69 Å². The second-order valence-corrected chi connectivity index (χ2v) is 2.15. The first-order valence-electron chi connectivity index (χ1n) is 3.14. The molecule has 12 heavy (non-hydrogen) atoms. The molecule has 1 aromatic carbocycles. The van der Waals surface area contributed by atoms with Crippen LogP contribution in [0.5, 0.6) is 0 Å². The van der Waals surface area contributed by atoms with Gasteiger partial charge in [0.15, 0.2) is 0 Å². The first-order chi connectivity index (χ1) is 5.61. The molecule has 0 saturated carbocycles.